The van der Waals surface area contributed by atoms with Gasteiger partial charge in [0.1, 0.15) is 5.82 Å². The van der Waals surface area contributed by atoms with Crippen LogP contribution in [0.5, 0.6) is 0 Å². The van der Waals surface area contributed by atoms with Crippen LogP contribution in [0, 0.1) is 5.82 Å². The zero-order valence-corrected chi connectivity index (χ0v) is 10.5. The SMILES string of the molecule is C[C@@H](c1ccc(F)cc1)N(C(=O)O)c1ccccc1. The van der Waals surface area contributed by atoms with Crippen molar-refractivity contribution in [2.24, 2.45) is 0 Å². The van der Waals surface area contributed by atoms with E-state index in [2.05, 4.69) is 0 Å². The summed E-state index contributed by atoms with van der Waals surface area (Å²) in [4.78, 5) is 12.7. The first-order valence-electron chi connectivity index (χ1n) is 5.92. The maximum absolute atomic E-state index is 12.9. The zero-order valence-electron chi connectivity index (χ0n) is 10.5. The Kier molecular flexibility index (Phi) is 3.80. The van der Waals surface area contributed by atoms with E-state index in [0.717, 1.165) is 5.56 Å². The molecule has 1 amide bonds. The van der Waals surface area contributed by atoms with Gasteiger partial charge in [0.25, 0.3) is 0 Å². The highest BCUT2D eigenvalue weighted by Crippen LogP contribution is 2.26. The average Bonchev–Trinajstić information content (AvgIpc) is 2.40. The highest BCUT2D eigenvalue weighted by atomic mass is 19.1. The monoisotopic (exact) mass is 259 g/mol. The molecule has 4 heteroatoms. The number of halogens is 1. The molecule has 0 aliphatic carbocycles. The maximum atomic E-state index is 12.9. The Labute approximate surface area is 110 Å². The van der Waals surface area contributed by atoms with Gasteiger partial charge in [-0.3, -0.25) is 4.90 Å². The second-order valence-electron chi connectivity index (χ2n) is 4.22. The molecule has 19 heavy (non-hydrogen) atoms. The first-order valence-corrected chi connectivity index (χ1v) is 5.92. The fraction of sp³-hybridized carbons (Fsp3) is 0.133. The smallest absolute Gasteiger partial charge is 0.412 e. The van der Waals surface area contributed by atoms with Crippen molar-refractivity contribution in [1.29, 1.82) is 0 Å². The second kappa shape index (κ2) is 5.52. The molecular formula is C15H14FNO2. The molecule has 1 atom stereocenters. The van der Waals surface area contributed by atoms with Crippen molar-refractivity contribution in [3.8, 4) is 0 Å². The molecule has 1 N–H and O–H groups in total. The van der Waals surface area contributed by atoms with Gasteiger partial charge in [-0.1, -0.05) is 30.3 Å². The summed E-state index contributed by atoms with van der Waals surface area (Å²) in [6.07, 6.45) is -1.04. The van der Waals surface area contributed by atoms with Crippen molar-refractivity contribution in [3.63, 3.8) is 0 Å². The van der Waals surface area contributed by atoms with Gasteiger partial charge >= 0.3 is 6.09 Å². The highest BCUT2D eigenvalue weighted by molar-refractivity contribution is 5.86. The molecule has 0 radical (unpaired) electrons. The lowest BCUT2D eigenvalue weighted by molar-refractivity contribution is 0.199. The predicted octanol–water partition coefficient (Wildman–Crippen LogP) is 4.07. The summed E-state index contributed by atoms with van der Waals surface area (Å²) < 4.78 is 12.9. The molecule has 2 aromatic rings. The number of rotatable bonds is 3. The molecule has 0 aliphatic heterocycles. The van der Waals surface area contributed by atoms with Gasteiger partial charge in [-0.25, -0.2) is 9.18 Å². The standard InChI is InChI=1S/C15H14FNO2/c1-11(12-7-9-13(16)10-8-12)17(15(18)19)14-5-3-2-4-6-14/h2-11H,1H3,(H,18,19)/t11-/m0/s1. The van der Waals surface area contributed by atoms with E-state index in [9.17, 15) is 14.3 Å². The van der Waals surface area contributed by atoms with Crippen molar-refractivity contribution in [2.75, 3.05) is 4.90 Å². The van der Waals surface area contributed by atoms with Crippen LogP contribution in [0.25, 0.3) is 0 Å². The summed E-state index contributed by atoms with van der Waals surface area (Å²) in [5.41, 5.74) is 1.33. The number of para-hydroxylation sites is 1. The van der Waals surface area contributed by atoms with E-state index < -0.39 is 6.09 Å². The minimum Gasteiger partial charge on any atom is -0.465 e. The number of carbonyl (C=O) groups is 1. The lowest BCUT2D eigenvalue weighted by Gasteiger charge is -2.26. The molecule has 3 nitrogen and oxygen atoms in total. The summed E-state index contributed by atoms with van der Waals surface area (Å²) in [6.45, 7) is 1.77. The summed E-state index contributed by atoms with van der Waals surface area (Å²) in [5.74, 6) is -0.336. The van der Waals surface area contributed by atoms with Crippen LogP contribution in [-0.4, -0.2) is 11.2 Å². The van der Waals surface area contributed by atoms with Gasteiger partial charge in [0.05, 0.1) is 6.04 Å². The van der Waals surface area contributed by atoms with E-state index in [4.69, 9.17) is 0 Å². The number of nitrogens with zero attached hydrogens (tertiary/aromatic N) is 1. The second-order valence-corrected chi connectivity index (χ2v) is 4.22. The summed E-state index contributed by atoms with van der Waals surface area (Å²) >= 11 is 0. The number of hydrogen-bond donors (Lipinski definition) is 1. The highest BCUT2D eigenvalue weighted by Gasteiger charge is 2.22. The zero-order chi connectivity index (χ0) is 13.8. The Morgan fingerprint density at radius 2 is 1.68 bits per heavy atom. The molecule has 0 spiro atoms. The number of anilines is 1. The van der Waals surface area contributed by atoms with Gasteiger partial charge in [0.2, 0.25) is 0 Å². The van der Waals surface area contributed by atoms with E-state index in [0.29, 0.717) is 5.69 Å². The maximum Gasteiger partial charge on any atom is 0.412 e. The Balaban J connectivity index is 2.35. The fourth-order valence-corrected chi connectivity index (χ4v) is 1.98. The summed E-state index contributed by atoms with van der Waals surface area (Å²) in [7, 11) is 0. The minimum absolute atomic E-state index is 0.336. The van der Waals surface area contributed by atoms with Crippen LogP contribution in [-0.2, 0) is 0 Å². The van der Waals surface area contributed by atoms with Crippen molar-refractivity contribution >= 4 is 11.8 Å². The van der Waals surface area contributed by atoms with Crippen LogP contribution >= 0.6 is 0 Å². The Hall–Kier alpha value is -2.36. The Bertz CT molecular complexity index is 554. The van der Waals surface area contributed by atoms with Crippen molar-refractivity contribution in [2.45, 2.75) is 13.0 Å². The largest absolute Gasteiger partial charge is 0.465 e. The van der Waals surface area contributed by atoms with Crippen LogP contribution in [0.3, 0.4) is 0 Å². The van der Waals surface area contributed by atoms with Gasteiger partial charge < -0.3 is 5.11 Å². The third-order valence-corrected chi connectivity index (χ3v) is 2.98. The van der Waals surface area contributed by atoms with Gasteiger partial charge in [-0.05, 0) is 36.8 Å². The first kappa shape index (κ1) is 13.1. The van der Waals surface area contributed by atoms with E-state index in [1.54, 1.807) is 43.3 Å². The van der Waals surface area contributed by atoms with E-state index in [-0.39, 0.29) is 11.9 Å². The molecule has 2 rings (SSSR count). The van der Waals surface area contributed by atoms with Gasteiger partial charge in [0.15, 0.2) is 0 Å². The summed E-state index contributed by atoms with van der Waals surface area (Å²) in [5, 5.41) is 9.36. The number of benzene rings is 2. The molecule has 98 valence electrons. The number of hydrogen-bond acceptors (Lipinski definition) is 1. The van der Waals surface area contributed by atoms with Crippen molar-refractivity contribution in [3.05, 3.63) is 66.0 Å². The van der Waals surface area contributed by atoms with E-state index >= 15 is 0 Å². The Morgan fingerprint density at radius 3 is 2.21 bits per heavy atom. The van der Waals surface area contributed by atoms with Crippen LogP contribution < -0.4 is 4.90 Å². The molecule has 0 saturated carbocycles. The normalized spacial score (nSPS) is 11.9. The predicted molar refractivity (Wildman–Crippen MR) is 71.8 cm³/mol. The molecule has 0 unspecified atom stereocenters. The molecule has 0 bridgehead atoms. The van der Waals surface area contributed by atoms with Crippen LogP contribution in [0.4, 0.5) is 14.9 Å². The topological polar surface area (TPSA) is 40.5 Å². The lowest BCUT2D eigenvalue weighted by atomic mass is 10.1. The Morgan fingerprint density at radius 1 is 1.11 bits per heavy atom. The average molecular weight is 259 g/mol. The number of carboxylic acid groups (broad SMARTS) is 1. The molecule has 0 heterocycles. The van der Waals surface area contributed by atoms with E-state index in [1.165, 1.54) is 17.0 Å². The molecule has 0 aromatic heterocycles. The molecule has 0 saturated heterocycles. The van der Waals surface area contributed by atoms with Crippen molar-refractivity contribution < 1.29 is 14.3 Å². The van der Waals surface area contributed by atoms with Crippen LogP contribution in [0.15, 0.2) is 54.6 Å². The molecule has 0 aliphatic rings. The number of amides is 1. The summed E-state index contributed by atoms with van der Waals surface area (Å²) in [6, 6.07) is 14.3. The third kappa shape index (κ3) is 2.91. The molecule has 2 aromatic carbocycles. The van der Waals surface area contributed by atoms with Gasteiger partial charge in [0, 0.05) is 5.69 Å². The molecular weight excluding hydrogens is 245 g/mol. The quantitative estimate of drug-likeness (QED) is 0.902. The van der Waals surface area contributed by atoms with Crippen LogP contribution in [0.1, 0.15) is 18.5 Å². The van der Waals surface area contributed by atoms with E-state index in [1.807, 2.05) is 6.07 Å². The lowest BCUT2D eigenvalue weighted by Crippen LogP contribution is -2.32. The first-order chi connectivity index (χ1) is 9.09. The van der Waals surface area contributed by atoms with Gasteiger partial charge in [-0.2, -0.15) is 0 Å². The minimum atomic E-state index is -1.04. The van der Waals surface area contributed by atoms with Crippen LogP contribution in [0.2, 0.25) is 0 Å². The third-order valence-electron chi connectivity index (χ3n) is 2.98. The van der Waals surface area contributed by atoms with Gasteiger partial charge in [-0.15, -0.1) is 0 Å². The van der Waals surface area contributed by atoms with Crippen molar-refractivity contribution in [1.82, 2.24) is 0 Å². The molecule has 0 fully saturated rings. The fourth-order valence-electron chi connectivity index (χ4n) is 1.98.